The monoisotopic (exact) mass is 393 g/mol. The van der Waals surface area contributed by atoms with E-state index in [4.69, 9.17) is 11.6 Å². The first kappa shape index (κ1) is 17.3. The lowest BCUT2D eigenvalue weighted by molar-refractivity contribution is 0.0218. The second-order valence-corrected chi connectivity index (χ2v) is 9.49. The zero-order valence-electron chi connectivity index (χ0n) is 13.9. The van der Waals surface area contributed by atoms with Gasteiger partial charge in [-0.2, -0.15) is 0 Å². The lowest BCUT2D eigenvalue weighted by atomic mass is 9.79. The minimum Gasteiger partial charge on any atom is -0.347 e. The number of hydrogen-bond donors (Lipinski definition) is 1. The summed E-state index contributed by atoms with van der Waals surface area (Å²) in [5.74, 6) is 0.669. The average molecular weight is 394 g/mol. The minimum absolute atomic E-state index is 0.0477. The third kappa shape index (κ3) is 3.72. The lowest BCUT2D eigenvalue weighted by Crippen LogP contribution is -2.62. The van der Waals surface area contributed by atoms with Crippen molar-refractivity contribution in [2.75, 3.05) is 13.1 Å². The Morgan fingerprint density at radius 3 is 2.80 bits per heavy atom. The molecule has 3 aliphatic rings. The molecule has 25 heavy (non-hydrogen) atoms. The van der Waals surface area contributed by atoms with Gasteiger partial charge in [-0.1, -0.05) is 23.4 Å². The van der Waals surface area contributed by atoms with Crippen LogP contribution < -0.4 is 5.32 Å². The number of carbonyl (C=O) groups is 1. The zero-order chi connectivity index (χ0) is 17.4. The quantitative estimate of drug-likeness (QED) is 0.847. The van der Waals surface area contributed by atoms with Crippen molar-refractivity contribution in [1.82, 2.24) is 15.2 Å². The molecule has 0 unspecified atom stereocenters. The SMILES string of the molecule is C[C@H]1[C@H](NC(=O)c2ccc(Sc3ccc(Cl)cn3)s2)C2CCN1CC2. The van der Waals surface area contributed by atoms with E-state index in [2.05, 4.69) is 22.1 Å². The van der Waals surface area contributed by atoms with Crippen molar-refractivity contribution in [3.8, 4) is 0 Å². The molecule has 1 N–H and O–H groups in total. The van der Waals surface area contributed by atoms with E-state index in [1.54, 1.807) is 18.0 Å². The van der Waals surface area contributed by atoms with Crippen LogP contribution in [-0.4, -0.2) is 41.0 Å². The largest absolute Gasteiger partial charge is 0.347 e. The van der Waals surface area contributed by atoms with E-state index < -0.39 is 0 Å². The van der Waals surface area contributed by atoms with Crippen molar-refractivity contribution in [3.63, 3.8) is 0 Å². The molecular formula is C18H20ClN3OS2. The molecule has 2 atom stereocenters. The number of nitrogens with one attached hydrogen (secondary N) is 1. The van der Waals surface area contributed by atoms with Crippen LogP contribution in [0.25, 0.3) is 0 Å². The van der Waals surface area contributed by atoms with E-state index in [1.165, 1.54) is 37.3 Å². The second kappa shape index (κ2) is 7.27. The molecule has 3 saturated heterocycles. The maximum atomic E-state index is 12.7. The van der Waals surface area contributed by atoms with Gasteiger partial charge in [-0.3, -0.25) is 9.69 Å². The summed E-state index contributed by atoms with van der Waals surface area (Å²) in [7, 11) is 0. The first-order valence-electron chi connectivity index (χ1n) is 8.54. The van der Waals surface area contributed by atoms with E-state index in [0.29, 0.717) is 17.0 Å². The Hall–Kier alpha value is -1.08. The highest BCUT2D eigenvalue weighted by atomic mass is 35.5. The van der Waals surface area contributed by atoms with E-state index >= 15 is 0 Å². The van der Waals surface area contributed by atoms with Crippen molar-refractivity contribution < 1.29 is 4.79 Å². The Kier molecular flexibility index (Phi) is 5.04. The second-order valence-electron chi connectivity index (χ2n) is 6.65. The number of amides is 1. The topological polar surface area (TPSA) is 45.2 Å². The number of aromatic nitrogens is 1. The smallest absolute Gasteiger partial charge is 0.261 e. The Morgan fingerprint density at radius 1 is 1.32 bits per heavy atom. The van der Waals surface area contributed by atoms with Crippen LogP contribution in [0.5, 0.6) is 0 Å². The molecule has 3 aliphatic heterocycles. The van der Waals surface area contributed by atoms with E-state index in [-0.39, 0.29) is 11.9 Å². The minimum atomic E-state index is 0.0477. The molecule has 1 amide bonds. The van der Waals surface area contributed by atoms with Crippen LogP contribution in [-0.2, 0) is 0 Å². The molecule has 7 heteroatoms. The van der Waals surface area contributed by atoms with Gasteiger partial charge < -0.3 is 5.32 Å². The summed E-state index contributed by atoms with van der Waals surface area (Å²) in [5, 5.41) is 4.79. The lowest BCUT2D eigenvalue weighted by Gasteiger charge is -2.49. The predicted octanol–water partition coefficient (Wildman–Crippen LogP) is 4.16. The highest BCUT2D eigenvalue weighted by Gasteiger charge is 2.40. The molecule has 2 aromatic heterocycles. The maximum absolute atomic E-state index is 12.7. The number of carbonyl (C=O) groups excluding carboxylic acids is 1. The highest BCUT2D eigenvalue weighted by Crippen LogP contribution is 2.34. The van der Waals surface area contributed by atoms with Crippen LogP contribution in [0.1, 0.15) is 29.4 Å². The Labute approximate surface area is 161 Å². The zero-order valence-corrected chi connectivity index (χ0v) is 16.3. The molecule has 0 aromatic carbocycles. The molecule has 0 radical (unpaired) electrons. The van der Waals surface area contributed by atoms with Gasteiger partial charge >= 0.3 is 0 Å². The standard InChI is InChI=1S/C18H20ClN3OS2/c1-11-17(12-6-8-22(11)9-7-12)21-18(23)14-3-5-16(24-14)25-15-4-2-13(19)10-20-15/h2-5,10-12,17H,6-9H2,1H3,(H,21,23)/t11-,17-/m0/s1. The molecule has 0 aliphatic carbocycles. The maximum Gasteiger partial charge on any atom is 0.261 e. The van der Waals surface area contributed by atoms with Gasteiger partial charge in [0.1, 0.15) is 5.03 Å². The molecular weight excluding hydrogens is 374 g/mol. The van der Waals surface area contributed by atoms with Gasteiger partial charge in [0.25, 0.3) is 5.91 Å². The van der Waals surface area contributed by atoms with Gasteiger partial charge in [0, 0.05) is 18.3 Å². The molecule has 2 bridgehead atoms. The first-order chi connectivity index (χ1) is 12.1. The fraction of sp³-hybridized carbons (Fsp3) is 0.444. The van der Waals surface area contributed by atoms with Crippen LogP contribution in [0, 0.1) is 5.92 Å². The van der Waals surface area contributed by atoms with E-state index in [1.807, 2.05) is 24.3 Å². The normalized spacial score (nSPS) is 28.1. The Balaban J connectivity index is 1.41. The molecule has 4 nitrogen and oxygen atoms in total. The summed E-state index contributed by atoms with van der Waals surface area (Å²) < 4.78 is 1.06. The van der Waals surface area contributed by atoms with Crippen LogP contribution in [0.2, 0.25) is 5.02 Å². The number of thiophene rings is 1. The van der Waals surface area contributed by atoms with Crippen molar-refractivity contribution in [1.29, 1.82) is 0 Å². The summed E-state index contributed by atoms with van der Waals surface area (Å²) in [4.78, 5) is 20.2. The fourth-order valence-corrected chi connectivity index (χ4v) is 5.82. The molecule has 5 heterocycles. The van der Waals surface area contributed by atoms with Gasteiger partial charge in [-0.05, 0) is 63.0 Å². The number of halogens is 1. The molecule has 2 aromatic rings. The fourth-order valence-electron chi connectivity index (χ4n) is 3.79. The van der Waals surface area contributed by atoms with Crippen LogP contribution in [0.3, 0.4) is 0 Å². The van der Waals surface area contributed by atoms with E-state index in [9.17, 15) is 4.79 Å². The number of rotatable bonds is 4. The number of nitrogens with zero attached hydrogens (tertiary/aromatic N) is 2. The average Bonchev–Trinajstić information content (AvgIpc) is 3.09. The van der Waals surface area contributed by atoms with Gasteiger partial charge in [0.05, 0.1) is 14.1 Å². The predicted molar refractivity (Wildman–Crippen MR) is 103 cm³/mol. The molecule has 3 fully saturated rings. The van der Waals surface area contributed by atoms with Crippen LogP contribution in [0.15, 0.2) is 39.7 Å². The van der Waals surface area contributed by atoms with Crippen molar-refractivity contribution in [3.05, 3.63) is 40.4 Å². The van der Waals surface area contributed by atoms with Gasteiger partial charge in [0.15, 0.2) is 0 Å². The Morgan fingerprint density at radius 2 is 2.12 bits per heavy atom. The number of fused-ring (bicyclic) bond motifs is 3. The highest BCUT2D eigenvalue weighted by molar-refractivity contribution is 8.01. The first-order valence-corrected chi connectivity index (χ1v) is 10.6. The van der Waals surface area contributed by atoms with Crippen LogP contribution in [0.4, 0.5) is 0 Å². The Bertz CT molecular complexity index is 754. The van der Waals surface area contributed by atoms with Crippen molar-refractivity contribution in [2.24, 2.45) is 5.92 Å². The van der Waals surface area contributed by atoms with Gasteiger partial charge in [0.2, 0.25) is 0 Å². The molecule has 0 saturated carbocycles. The van der Waals surface area contributed by atoms with E-state index in [0.717, 1.165) is 14.1 Å². The molecule has 132 valence electrons. The summed E-state index contributed by atoms with van der Waals surface area (Å²) in [6.45, 7) is 4.58. The third-order valence-electron chi connectivity index (χ3n) is 5.19. The molecule has 5 rings (SSSR count). The summed E-state index contributed by atoms with van der Waals surface area (Å²) >= 11 is 8.93. The third-order valence-corrected chi connectivity index (χ3v) is 7.58. The summed E-state index contributed by atoms with van der Waals surface area (Å²) in [5.41, 5.74) is 0. The van der Waals surface area contributed by atoms with Crippen molar-refractivity contribution in [2.45, 2.75) is 41.1 Å². The number of piperidine rings is 3. The van der Waals surface area contributed by atoms with Gasteiger partial charge in [-0.15, -0.1) is 11.3 Å². The van der Waals surface area contributed by atoms with Crippen LogP contribution >= 0.6 is 34.7 Å². The summed E-state index contributed by atoms with van der Waals surface area (Å²) in [6, 6.07) is 8.31. The van der Waals surface area contributed by atoms with Crippen molar-refractivity contribution >= 4 is 40.6 Å². The summed E-state index contributed by atoms with van der Waals surface area (Å²) in [6.07, 6.45) is 4.03. The molecule has 0 spiro atoms. The number of hydrogen-bond acceptors (Lipinski definition) is 5. The number of pyridine rings is 1. The van der Waals surface area contributed by atoms with Gasteiger partial charge in [-0.25, -0.2) is 4.98 Å².